The lowest BCUT2D eigenvalue weighted by atomic mass is 9.98. The van der Waals surface area contributed by atoms with Gasteiger partial charge in [-0.3, -0.25) is 4.79 Å². The van der Waals surface area contributed by atoms with Crippen LogP contribution in [0.5, 0.6) is 0 Å². The number of ketones is 1. The Morgan fingerprint density at radius 2 is 1.67 bits per heavy atom. The zero-order valence-corrected chi connectivity index (χ0v) is 12.1. The normalized spacial score (nSPS) is 12.5. The Bertz CT molecular complexity index is 803. The molecule has 0 amide bonds. The van der Waals surface area contributed by atoms with Gasteiger partial charge in [-0.15, -0.1) is 0 Å². The summed E-state index contributed by atoms with van der Waals surface area (Å²) in [5.74, 6) is -0.268. The molecule has 106 valence electrons. The molecular formula is C18H17NO2. The molecule has 0 saturated heterocycles. The van der Waals surface area contributed by atoms with Crippen molar-refractivity contribution in [1.29, 1.82) is 0 Å². The zero-order valence-electron chi connectivity index (χ0n) is 12.1. The molecule has 3 rings (SSSR count). The van der Waals surface area contributed by atoms with Crippen molar-refractivity contribution in [2.24, 2.45) is 7.05 Å². The van der Waals surface area contributed by atoms with Crippen molar-refractivity contribution in [1.82, 2.24) is 4.57 Å². The highest BCUT2D eigenvalue weighted by Crippen LogP contribution is 2.31. The molecule has 3 heteroatoms. The first-order chi connectivity index (χ1) is 10.1. The van der Waals surface area contributed by atoms with Crippen LogP contribution in [0, 0.1) is 6.92 Å². The largest absolute Gasteiger partial charge is 0.380 e. The van der Waals surface area contributed by atoms with E-state index in [1.807, 2.05) is 48.9 Å². The number of aromatic nitrogens is 1. The Kier molecular flexibility index (Phi) is 3.35. The number of fused-ring (bicyclic) bond motifs is 1. The summed E-state index contributed by atoms with van der Waals surface area (Å²) in [5.41, 5.74) is 3.15. The Labute approximate surface area is 123 Å². The Morgan fingerprint density at radius 1 is 1.05 bits per heavy atom. The van der Waals surface area contributed by atoms with E-state index in [9.17, 15) is 9.90 Å². The van der Waals surface area contributed by atoms with Crippen LogP contribution in [0.25, 0.3) is 10.9 Å². The van der Waals surface area contributed by atoms with Gasteiger partial charge in [-0.05, 0) is 13.0 Å². The maximum Gasteiger partial charge on any atom is 0.195 e. The molecule has 0 aliphatic rings. The molecule has 0 fully saturated rings. The molecule has 1 atom stereocenters. The lowest BCUT2D eigenvalue weighted by Gasteiger charge is -2.11. The molecule has 0 radical (unpaired) electrons. The van der Waals surface area contributed by atoms with Crippen LogP contribution in [0.3, 0.4) is 0 Å². The molecule has 0 bridgehead atoms. The lowest BCUT2D eigenvalue weighted by molar-refractivity contribution is 0.0748. The molecule has 0 spiro atoms. The van der Waals surface area contributed by atoms with E-state index >= 15 is 0 Å². The van der Waals surface area contributed by atoms with E-state index in [0.717, 1.165) is 16.6 Å². The minimum absolute atomic E-state index is 0.268. The van der Waals surface area contributed by atoms with Gasteiger partial charge in [0.05, 0.1) is 0 Å². The van der Waals surface area contributed by atoms with Crippen LogP contribution in [-0.4, -0.2) is 15.5 Å². The van der Waals surface area contributed by atoms with Crippen LogP contribution in [0.15, 0.2) is 54.6 Å². The van der Waals surface area contributed by atoms with E-state index in [2.05, 4.69) is 0 Å². The fraction of sp³-hybridized carbons (Fsp3) is 0.167. The fourth-order valence-corrected chi connectivity index (χ4v) is 2.79. The predicted molar refractivity (Wildman–Crippen MR) is 83.4 cm³/mol. The van der Waals surface area contributed by atoms with Crippen molar-refractivity contribution in [3.63, 3.8) is 0 Å². The number of para-hydroxylation sites is 1. The Balaban J connectivity index is 2.12. The first-order valence-corrected chi connectivity index (χ1v) is 6.92. The second-order valence-electron chi connectivity index (χ2n) is 5.21. The van der Waals surface area contributed by atoms with Gasteiger partial charge >= 0.3 is 0 Å². The number of rotatable bonds is 3. The van der Waals surface area contributed by atoms with Gasteiger partial charge in [0.2, 0.25) is 0 Å². The van der Waals surface area contributed by atoms with Gasteiger partial charge < -0.3 is 9.67 Å². The van der Waals surface area contributed by atoms with Crippen LogP contribution in [0.4, 0.5) is 0 Å². The molecule has 1 N–H and O–H groups in total. The number of benzene rings is 2. The number of hydrogen-bond acceptors (Lipinski definition) is 2. The number of Topliss-reactive ketones (excluding diaryl/α,β-unsaturated/α-hetero) is 1. The Morgan fingerprint density at radius 3 is 2.38 bits per heavy atom. The van der Waals surface area contributed by atoms with Crippen molar-refractivity contribution >= 4 is 16.7 Å². The van der Waals surface area contributed by atoms with Crippen molar-refractivity contribution in [3.8, 4) is 0 Å². The number of aliphatic hydroxyl groups is 1. The summed E-state index contributed by atoms with van der Waals surface area (Å²) in [5, 5.41) is 11.5. The third-order valence-corrected chi connectivity index (χ3v) is 4.03. The van der Waals surface area contributed by atoms with Gasteiger partial charge in [0.15, 0.2) is 5.78 Å². The third-order valence-electron chi connectivity index (χ3n) is 4.03. The smallest absolute Gasteiger partial charge is 0.195 e. The molecule has 3 nitrogen and oxygen atoms in total. The Hall–Kier alpha value is -2.39. The standard InChI is InChI=1S/C18H17NO2/c1-12-16(14-10-6-7-11-15(14)19(12)2)18(21)17(20)13-8-4-3-5-9-13/h3-11,18,21H,1-2H3. The van der Waals surface area contributed by atoms with Gasteiger partial charge in [0, 0.05) is 34.8 Å². The van der Waals surface area contributed by atoms with Crippen LogP contribution in [0.2, 0.25) is 0 Å². The molecule has 2 aromatic carbocycles. The van der Waals surface area contributed by atoms with Gasteiger partial charge in [0.25, 0.3) is 0 Å². The topological polar surface area (TPSA) is 42.2 Å². The summed E-state index contributed by atoms with van der Waals surface area (Å²) in [6, 6.07) is 16.7. The number of nitrogens with zero attached hydrogens (tertiary/aromatic N) is 1. The molecule has 1 unspecified atom stereocenters. The second-order valence-corrected chi connectivity index (χ2v) is 5.21. The van der Waals surface area contributed by atoms with Crippen molar-refractivity contribution in [2.75, 3.05) is 0 Å². The van der Waals surface area contributed by atoms with Crippen LogP contribution in [-0.2, 0) is 7.05 Å². The zero-order chi connectivity index (χ0) is 15.0. The van der Waals surface area contributed by atoms with Gasteiger partial charge in [-0.1, -0.05) is 48.5 Å². The lowest BCUT2D eigenvalue weighted by Crippen LogP contribution is -2.13. The van der Waals surface area contributed by atoms with E-state index in [4.69, 9.17) is 0 Å². The minimum atomic E-state index is -1.14. The molecular weight excluding hydrogens is 262 g/mol. The van der Waals surface area contributed by atoms with Crippen LogP contribution < -0.4 is 0 Å². The van der Waals surface area contributed by atoms with Crippen LogP contribution >= 0.6 is 0 Å². The van der Waals surface area contributed by atoms with Crippen molar-refractivity contribution < 1.29 is 9.90 Å². The SMILES string of the molecule is Cc1c(C(O)C(=O)c2ccccc2)c2ccccc2n1C. The first-order valence-electron chi connectivity index (χ1n) is 6.92. The van der Waals surface area contributed by atoms with E-state index in [1.165, 1.54) is 0 Å². The number of aryl methyl sites for hydroxylation is 1. The third kappa shape index (κ3) is 2.16. The monoisotopic (exact) mass is 279 g/mol. The fourth-order valence-electron chi connectivity index (χ4n) is 2.79. The summed E-state index contributed by atoms with van der Waals surface area (Å²) in [4.78, 5) is 12.5. The van der Waals surface area contributed by atoms with Gasteiger partial charge in [-0.2, -0.15) is 0 Å². The number of carbonyl (C=O) groups is 1. The maximum absolute atomic E-state index is 12.5. The molecule has 1 heterocycles. The number of aliphatic hydroxyl groups excluding tert-OH is 1. The highest BCUT2D eigenvalue weighted by atomic mass is 16.3. The highest BCUT2D eigenvalue weighted by molar-refractivity contribution is 6.02. The van der Waals surface area contributed by atoms with Crippen molar-refractivity contribution in [2.45, 2.75) is 13.0 Å². The quantitative estimate of drug-likeness (QED) is 0.747. The number of carbonyl (C=O) groups excluding carboxylic acids is 1. The summed E-state index contributed by atoms with van der Waals surface area (Å²) >= 11 is 0. The second kappa shape index (κ2) is 5.19. The molecule has 0 saturated carbocycles. The molecule has 0 aliphatic carbocycles. The molecule has 1 aromatic heterocycles. The summed E-state index contributed by atoms with van der Waals surface area (Å²) in [7, 11) is 1.95. The van der Waals surface area contributed by atoms with Crippen LogP contribution in [0.1, 0.15) is 27.7 Å². The summed E-state index contributed by atoms with van der Waals surface area (Å²) < 4.78 is 2.01. The van der Waals surface area contributed by atoms with E-state index in [1.54, 1.807) is 24.3 Å². The first kappa shape index (κ1) is 13.6. The van der Waals surface area contributed by atoms with Gasteiger partial charge in [0.1, 0.15) is 6.10 Å². The minimum Gasteiger partial charge on any atom is -0.380 e. The average molecular weight is 279 g/mol. The van der Waals surface area contributed by atoms with E-state index in [-0.39, 0.29) is 5.78 Å². The summed E-state index contributed by atoms with van der Waals surface area (Å²) in [6.45, 7) is 1.93. The molecule has 3 aromatic rings. The van der Waals surface area contributed by atoms with E-state index in [0.29, 0.717) is 11.1 Å². The highest BCUT2D eigenvalue weighted by Gasteiger charge is 2.25. The number of hydrogen-bond donors (Lipinski definition) is 1. The van der Waals surface area contributed by atoms with Gasteiger partial charge in [-0.25, -0.2) is 0 Å². The predicted octanol–water partition coefficient (Wildman–Crippen LogP) is 3.40. The van der Waals surface area contributed by atoms with Crippen molar-refractivity contribution in [3.05, 3.63) is 71.4 Å². The molecule has 0 aliphatic heterocycles. The molecule has 21 heavy (non-hydrogen) atoms. The average Bonchev–Trinajstić information content (AvgIpc) is 2.79. The maximum atomic E-state index is 12.5. The summed E-state index contributed by atoms with van der Waals surface area (Å²) in [6.07, 6.45) is -1.14. The van der Waals surface area contributed by atoms with E-state index < -0.39 is 6.10 Å².